The molecular formula is C17H24ClNO2. The number of benzene rings is 1. The van der Waals surface area contributed by atoms with Crippen molar-refractivity contribution in [3.05, 3.63) is 34.9 Å². The molecule has 1 aromatic rings. The largest absolute Gasteiger partial charge is 0.385 e. The Morgan fingerprint density at radius 3 is 2.81 bits per heavy atom. The first-order chi connectivity index (χ1) is 10.1. The van der Waals surface area contributed by atoms with E-state index in [4.69, 9.17) is 16.3 Å². The summed E-state index contributed by atoms with van der Waals surface area (Å²) in [7, 11) is 1.70. The van der Waals surface area contributed by atoms with Gasteiger partial charge in [0.15, 0.2) is 0 Å². The van der Waals surface area contributed by atoms with Gasteiger partial charge in [0.2, 0.25) is 5.91 Å². The monoisotopic (exact) mass is 309 g/mol. The molecule has 3 nitrogen and oxygen atoms in total. The molecule has 1 heterocycles. The number of carbonyl (C=O) groups excluding carboxylic acids is 1. The van der Waals surface area contributed by atoms with Crippen LogP contribution in [-0.2, 0) is 9.53 Å². The third kappa shape index (κ3) is 4.21. The summed E-state index contributed by atoms with van der Waals surface area (Å²) in [6.07, 6.45) is 3.93. The van der Waals surface area contributed by atoms with Crippen molar-refractivity contribution in [3.8, 4) is 0 Å². The smallest absolute Gasteiger partial charge is 0.225 e. The summed E-state index contributed by atoms with van der Waals surface area (Å²) in [6, 6.07) is 8.09. The zero-order valence-corrected chi connectivity index (χ0v) is 13.6. The third-order valence-corrected chi connectivity index (χ3v) is 4.45. The summed E-state index contributed by atoms with van der Waals surface area (Å²) in [4.78, 5) is 14.7. The molecule has 0 N–H and O–H groups in total. The van der Waals surface area contributed by atoms with E-state index in [2.05, 4.69) is 0 Å². The quantitative estimate of drug-likeness (QED) is 0.741. The van der Waals surface area contributed by atoms with Crippen LogP contribution in [0.2, 0.25) is 5.02 Å². The zero-order valence-electron chi connectivity index (χ0n) is 12.8. The lowest BCUT2D eigenvalue weighted by atomic mass is 10.0. The second kappa shape index (κ2) is 7.81. The topological polar surface area (TPSA) is 29.5 Å². The molecule has 0 spiro atoms. The summed E-state index contributed by atoms with van der Waals surface area (Å²) < 4.78 is 5.06. The second-order valence-corrected chi connectivity index (χ2v) is 6.21. The van der Waals surface area contributed by atoms with Gasteiger partial charge in [-0.15, -0.1) is 0 Å². The van der Waals surface area contributed by atoms with Crippen LogP contribution in [0.3, 0.4) is 0 Å². The highest BCUT2D eigenvalue weighted by Gasteiger charge is 2.31. The first-order valence-electron chi connectivity index (χ1n) is 7.68. The van der Waals surface area contributed by atoms with E-state index in [-0.39, 0.29) is 17.9 Å². The van der Waals surface area contributed by atoms with Crippen LogP contribution in [0.15, 0.2) is 24.3 Å². The molecule has 0 saturated carbocycles. The van der Waals surface area contributed by atoms with Gasteiger partial charge in [-0.1, -0.05) is 30.7 Å². The molecule has 0 unspecified atom stereocenters. The zero-order chi connectivity index (χ0) is 15.2. The minimum Gasteiger partial charge on any atom is -0.385 e. The number of likely N-dealkylation sites (tertiary alicyclic amines) is 1. The number of nitrogens with zero attached hydrogens (tertiary/aromatic N) is 1. The number of amides is 1. The Hall–Kier alpha value is -1.06. The van der Waals surface area contributed by atoms with Gasteiger partial charge in [-0.05, 0) is 43.4 Å². The molecule has 21 heavy (non-hydrogen) atoms. The van der Waals surface area contributed by atoms with Crippen molar-refractivity contribution in [2.75, 3.05) is 20.3 Å². The van der Waals surface area contributed by atoms with Crippen LogP contribution in [0.4, 0.5) is 0 Å². The fourth-order valence-electron chi connectivity index (χ4n) is 3.00. The number of halogens is 1. The minimum absolute atomic E-state index is 0.0630. The fourth-order valence-corrected chi connectivity index (χ4v) is 3.13. The Morgan fingerprint density at radius 1 is 1.43 bits per heavy atom. The van der Waals surface area contributed by atoms with Crippen molar-refractivity contribution in [1.82, 2.24) is 4.90 Å². The maximum absolute atomic E-state index is 12.6. The van der Waals surface area contributed by atoms with Crippen LogP contribution < -0.4 is 0 Å². The summed E-state index contributed by atoms with van der Waals surface area (Å²) in [5, 5.41) is 0.738. The molecule has 0 radical (unpaired) electrons. The van der Waals surface area contributed by atoms with Gasteiger partial charge in [0, 0.05) is 31.2 Å². The van der Waals surface area contributed by atoms with E-state index in [1.807, 2.05) is 36.1 Å². The predicted molar refractivity (Wildman–Crippen MR) is 85.4 cm³/mol. The molecule has 1 aromatic carbocycles. The SMILES string of the molecule is COCCC[C@H](C)C(=O)N1CCC[C@@H]1c1ccc(Cl)cc1. The molecule has 4 heteroatoms. The highest BCUT2D eigenvalue weighted by atomic mass is 35.5. The van der Waals surface area contributed by atoms with E-state index >= 15 is 0 Å². The molecule has 2 atom stereocenters. The van der Waals surface area contributed by atoms with E-state index in [0.29, 0.717) is 0 Å². The Balaban J connectivity index is 2.00. The Morgan fingerprint density at radius 2 is 2.14 bits per heavy atom. The van der Waals surface area contributed by atoms with Crippen LogP contribution in [0.1, 0.15) is 44.2 Å². The van der Waals surface area contributed by atoms with Gasteiger partial charge in [0.05, 0.1) is 6.04 Å². The van der Waals surface area contributed by atoms with Gasteiger partial charge in [-0.3, -0.25) is 4.79 Å². The molecule has 1 amide bonds. The predicted octanol–water partition coefficient (Wildman–Crippen LogP) is 4.07. The van der Waals surface area contributed by atoms with Crippen LogP contribution in [-0.4, -0.2) is 31.1 Å². The molecule has 2 rings (SSSR count). The van der Waals surface area contributed by atoms with Crippen LogP contribution >= 0.6 is 11.6 Å². The third-order valence-electron chi connectivity index (χ3n) is 4.20. The van der Waals surface area contributed by atoms with Crippen molar-refractivity contribution in [2.45, 2.75) is 38.6 Å². The van der Waals surface area contributed by atoms with Gasteiger partial charge in [0.25, 0.3) is 0 Å². The fraction of sp³-hybridized carbons (Fsp3) is 0.588. The average Bonchev–Trinajstić information content (AvgIpc) is 2.96. The number of carbonyl (C=O) groups is 1. The number of hydrogen-bond donors (Lipinski definition) is 0. The van der Waals surface area contributed by atoms with Crippen LogP contribution in [0.5, 0.6) is 0 Å². The van der Waals surface area contributed by atoms with Crippen molar-refractivity contribution in [1.29, 1.82) is 0 Å². The van der Waals surface area contributed by atoms with Crippen LogP contribution in [0, 0.1) is 5.92 Å². The molecule has 1 saturated heterocycles. The molecule has 116 valence electrons. The van der Waals surface area contributed by atoms with Crippen molar-refractivity contribution in [3.63, 3.8) is 0 Å². The summed E-state index contributed by atoms with van der Waals surface area (Å²) in [6.45, 7) is 3.61. The van der Waals surface area contributed by atoms with E-state index in [0.717, 1.165) is 43.9 Å². The first-order valence-corrected chi connectivity index (χ1v) is 8.06. The highest BCUT2D eigenvalue weighted by molar-refractivity contribution is 6.30. The van der Waals surface area contributed by atoms with Gasteiger partial charge in [-0.2, -0.15) is 0 Å². The Bertz CT molecular complexity index is 460. The number of hydrogen-bond acceptors (Lipinski definition) is 2. The number of rotatable bonds is 6. The Labute approximate surface area is 132 Å². The molecule has 0 aliphatic carbocycles. The Kier molecular flexibility index (Phi) is 6.07. The summed E-state index contributed by atoms with van der Waals surface area (Å²) >= 11 is 5.95. The lowest BCUT2D eigenvalue weighted by molar-refractivity contribution is -0.136. The van der Waals surface area contributed by atoms with E-state index in [1.54, 1.807) is 7.11 Å². The van der Waals surface area contributed by atoms with Crippen LogP contribution in [0.25, 0.3) is 0 Å². The summed E-state index contributed by atoms with van der Waals surface area (Å²) in [5.41, 5.74) is 1.19. The van der Waals surface area contributed by atoms with E-state index in [9.17, 15) is 4.79 Å². The average molecular weight is 310 g/mol. The lowest BCUT2D eigenvalue weighted by Crippen LogP contribution is -2.34. The van der Waals surface area contributed by atoms with Gasteiger partial charge in [0.1, 0.15) is 0 Å². The van der Waals surface area contributed by atoms with Crippen molar-refractivity contribution < 1.29 is 9.53 Å². The van der Waals surface area contributed by atoms with Crippen molar-refractivity contribution in [2.24, 2.45) is 5.92 Å². The second-order valence-electron chi connectivity index (χ2n) is 5.78. The van der Waals surface area contributed by atoms with E-state index < -0.39 is 0 Å². The normalized spacial score (nSPS) is 19.8. The molecule has 0 bridgehead atoms. The molecule has 1 aliphatic heterocycles. The number of methoxy groups -OCH3 is 1. The van der Waals surface area contributed by atoms with Gasteiger partial charge in [-0.25, -0.2) is 0 Å². The lowest BCUT2D eigenvalue weighted by Gasteiger charge is -2.28. The molecule has 1 fully saturated rings. The maximum atomic E-state index is 12.6. The highest BCUT2D eigenvalue weighted by Crippen LogP contribution is 2.34. The molecule has 0 aromatic heterocycles. The molecule has 1 aliphatic rings. The summed E-state index contributed by atoms with van der Waals surface area (Å²) in [5.74, 6) is 0.330. The van der Waals surface area contributed by atoms with Gasteiger partial charge < -0.3 is 9.64 Å². The minimum atomic E-state index is 0.0630. The standard InChI is InChI=1S/C17H24ClNO2/c1-13(5-4-12-21-2)17(20)19-11-3-6-16(19)14-7-9-15(18)10-8-14/h7-10,13,16H,3-6,11-12H2,1-2H3/t13-,16+/m0/s1. The van der Waals surface area contributed by atoms with Crippen molar-refractivity contribution >= 4 is 17.5 Å². The molecular weight excluding hydrogens is 286 g/mol. The maximum Gasteiger partial charge on any atom is 0.225 e. The first kappa shape index (κ1) is 16.3. The van der Waals surface area contributed by atoms with E-state index in [1.165, 1.54) is 5.56 Å². The van der Waals surface area contributed by atoms with Gasteiger partial charge >= 0.3 is 0 Å². The number of ether oxygens (including phenoxy) is 1.